The summed E-state index contributed by atoms with van der Waals surface area (Å²) < 4.78 is 0. The topological polar surface area (TPSA) is 60.9 Å². The number of benzene rings is 1. The van der Waals surface area contributed by atoms with Crippen LogP contribution >= 0.6 is 0 Å². The van der Waals surface area contributed by atoms with Gasteiger partial charge in [0.05, 0.1) is 11.8 Å². The van der Waals surface area contributed by atoms with E-state index in [0.717, 1.165) is 19.5 Å². The maximum Gasteiger partial charge on any atom is 0.242 e. The van der Waals surface area contributed by atoms with E-state index in [1.807, 2.05) is 0 Å². The fourth-order valence-corrected chi connectivity index (χ4v) is 5.61. The summed E-state index contributed by atoms with van der Waals surface area (Å²) in [7, 11) is 0. The van der Waals surface area contributed by atoms with Crippen LogP contribution in [0.25, 0.3) is 0 Å². The van der Waals surface area contributed by atoms with E-state index in [-0.39, 0.29) is 47.9 Å². The number of carbonyl (C=O) groups excluding carboxylic acids is 3. The van der Waals surface area contributed by atoms with Gasteiger partial charge in [0.2, 0.25) is 17.7 Å². The van der Waals surface area contributed by atoms with Crippen molar-refractivity contribution in [1.29, 1.82) is 0 Å². The molecule has 0 radical (unpaired) electrons. The van der Waals surface area contributed by atoms with Gasteiger partial charge in [-0.25, -0.2) is 0 Å². The summed E-state index contributed by atoms with van der Waals surface area (Å²) in [5.74, 6) is -0.491. The Kier molecular flexibility index (Phi) is 4.26. The summed E-state index contributed by atoms with van der Waals surface area (Å²) in [6.45, 7) is 6.84. The van der Waals surface area contributed by atoms with Gasteiger partial charge in [-0.2, -0.15) is 0 Å². The number of piperazine rings is 1. The van der Waals surface area contributed by atoms with Gasteiger partial charge < -0.3 is 9.80 Å². The van der Waals surface area contributed by atoms with Crippen LogP contribution in [0, 0.1) is 37.5 Å². The van der Waals surface area contributed by atoms with Crippen molar-refractivity contribution >= 4 is 23.4 Å². The summed E-state index contributed by atoms with van der Waals surface area (Å²) in [6.07, 6.45) is 5.07. The molecule has 1 aromatic rings. The van der Waals surface area contributed by atoms with Crippen LogP contribution in [-0.4, -0.2) is 60.2 Å². The van der Waals surface area contributed by atoms with Gasteiger partial charge in [-0.15, -0.1) is 0 Å². The van der Waals surface area contributed by atoms with Crippen LogP contribution in [0.2, 0.25) is 0 Å². The number of anilines is 1. The molecule has 1 saturated carbocycles. The lowest BCUT2D eigenvalue weighted by molar-refractivity contribution is -0.147. The van der Waals surface area contributed by atoms with Crippen LogP contribution in [0.3, 0.4) is 0 Å². The number of rotatable bonds is 3. The molecule has 2 saturated heterocycles. The highest BCUT2D eigenvalue weighted by molar-refractivity contribution is 6.08. The Bertz CT molecular complexity index is 886. The number of hydrogen-bond acceptors (Lipinski definition) is 4. The molecule has 0 spiro atoms. The van der Waals surface area contributed by atoms with Crippen LogP contribution in [0.5, 0.6) is 0 Å². The Hall–Kier alpha value is -2.63. The summed E-state index contributed by atoms with van der Waals surface area (Å²) in [5, 5.41) is 0. The van der Waals surface area contributed by atoms with Crippen LogP contribution in [-0.2, 0) is 14.4 Å². The first-order valence-electron chi connectivity index (χ1n) is 10.6. The second kappa shape index (κ2) is 6.71. The molecule has 0 unspecified atom stereocenters. The van der Waals surface area contributed by atoms with Crippen molar-refractivity contribution in [2.24, 2.45) is 23.7 Å². The quantitative estimate of drug-likeness (QED) is 0.580. The Morgan fingerprint density at radius 2 is 1.59 bits per heavy atom. The van der Waals surface area contributed by atoms with E-state index in [1.54, 1.807) is 4.90 Å². The predicted molar refractivity (Wildman–Crippen MR) is 109 cm³/mol. The number of imide groups is 1. The second-order valence-electron chi connectivity index (χ2n) is 8.92. The lowest BCUT2D eigenvalue weighted by Gasteiger charge is -2.37. The van der Waals surface area contributed by atoms with Crippen LogP contribution < -0.4 is 4.90 Å². The number of carbonyl (C=O) groups is 3. The number of fused-ring (bicyclic) bond motifs is 5. The Labute approximate surface area is 171 Å². The predicted octanol–water partition coefficient (Wildman–Crippen LogP) is 1.76. The number of hydrogen-bond donors (Lipinski definition) is 0. The van der Waals surface area contributed by atoms with Crippen LogP contribution in [0.1, 0.15) is 17.5 Å². The molecule has 0 N–H and O–H groups in total. The zero-order valence-corrected chi connectivity index (χ0v) is 17.0. The van der Waals surface area contributed by atoms with Gasteiger partial charge in [0, 0.05) is 31.9 Å². The summed E-state index contributed by atoms with van der Waals surface area (Å²) in [5.41, 5.74) is 3.68. The summed E-state index contributed by atoms with van der Waals surface area (Å²) in [4.78, 5) is 43.8. The average Bonchev–Trinajstić information content (AvgIpc) is 3.40. The first-order chi connectivity index (χ1) is 13.9. The molecule has 6 nitrogen and oxygen atoms in total. The molecule has 5 rings (SSSR count). The van der Waals surface area contributed by atoms with E-state index in [9.17, 15) is 14.4 Å². The van der Waals surface area contributed by atoms with Gasteiger partial charge in [0.1, 0.15) is 6.54 Å². The van der Waals surface area contributed by atoms with Crippen LogP contribution in [0.4, 0.5) is 5.69 Å². The molecular formula is C23H27N3O3. The Balaban J connectivity index is 1.21. The highest BCUT2D eigenvalue weighted by Crippen LogP contribution is 2.52. The van der Waals surface area contributed by atoms with Crippen molar-refractivity contribution in [3.63, 3.8) is 0 Å². The van der Waals surface area contributed by atoms with E-state index < -0.39 is 0 Å². The zero-order valence-electron chi connectivity index (χ0n) is 17.0. The Morgan fingerprint density at radius 3 is 2.21 bits per heavy atom. The molecule has 152 valence electrons. The van der Waals surface area contributed by atoms with Gasteiger partial charge in [0.25, 0.3) is 0 Å². The normalized spacial score (nSPS) is 30.5. The Morgan fingerprint density at radius 1 is 0.966 bits per heavy atom. The van der Waals surface area contributed by atoms with E-state index >= 15 is 0 Å². The minimum atomic E-state index is -0.230. The molecule has 3 fully saturated rings. The monoisotopic (exact) mass is 393 g/mol. The molecule has 1 aromatic carbocycles. The maximum atomic E-state index is 12.9. The second-order valence-corrected chi connectivity index (χ2v) is 8.92. The number of aryl methyl sites for hydroxylation is 2. The molecule has 2 bridgehead atoms. The number of allylic oxidation sites excluding steroid dienone is 2. The lowest BCUT2D eigenvalue weighted by Crippen LogP contribution is -2.52. The standard InChI is InChI=1S/C23H27N3O3/c1-14-3-4-15(2)18(11-14)24-7-9-25(10-8-24)19(27)13-26-22(28)20-16-5-6-17(12-16)21(20)23(26)29/h3-6,11,16-17,20-21H,7-10,12-13H2,1-2H3/t16-,17-,20-,21+/m0/s1. The van der Waals surface area contributed by atoms with Gasteiger partial charge in [-0.05, 0) is 49.3 Å². The van der Waals surface area contributed by atoms with Crippen molar-refractivity contribution in [2.75, 3.05) is 37.6 Å². The first kappa shape index (κ1) is 18.4. The van der Waals surface area contributed by atoms with Gasteiger partial charge >= 0.3 is 0 Å². The highest BCUT2D eigenvalue weighted by atomic mass is 16.2. The summed E-state index contributed by atoms with van der Waals surface area (Å²) >= 11 is 0. The van der Waals surface area contributed by atoms with Crippen molar-refractivity contribution in [1.82, 2.24) is 9.80 Å². The van der Waals surface area contributed by atoms with Gasteiger partial charge in [-0.1, -0.05) is 24.3 Å². The molecule has 2 aliphatic heterocycles. The third-order valence-electron chi connectivity index (χ3n) is 7.19. The van der Waals surface area contributed by atoms with Crippen molar-refractivity contribution in [3.8, 4) is 0 Å². The third-order valence-corrected chi connectivity index (χ3v) is 7.19. The average molecular weight is 393 g/mol. The van der Waals surface area contributed by atoms with Crippen molar-refractivity contribution in [2.45, 2.75) is 20.3 Å². The van der Waals surface area contributed by atoms with Gasteiger partial charge in [0.15, 0.2) is 0 Å². The number of nitrogens with zero attached hydrogens (tertiary/aromatic N) is 3. The van der Waals surface area contributed by atoms with Crippen LogP contribution in [0.15, 0.2) is 30.4 Å². The lowest BCUT2D eigenvalue weighted by atomic mass is 9.85. The fourth-order valence-electron chi connectivity index (χ4n) is 5.61. The zero-order chi connectivity index (χ0) is 20.3. The molecule has 29 heavy (non-hydrogen) atoms. The van der Waals surface area contributed by atoms with Crippen molar-refractivity contribution < 1.29 is 14.4 Å². The highest BCUT2D eigenvalue weighted by Gasteiger charge is 2.59. The van der Waals surface area contributed by atoms with Gasteiger partial charge in [-0.3, -0.25) is 19.3 Å². The van der Waals surface area contributed by atoms with E-state index in [0.29, 0.717) is 13.1 Å². The van der Waals surface area contributed by atoms with E-state index in [1.165, 1.54) is 21.7 Å². The first-order valence-corrected chi connectivity index (χ1v) is 10.6. The molecule has 0 aromatic heterocycles. The smallest absolute Gasteiger partial charge is 0.242 e. The van der Waals surface area contributed by atoms with E-state index in [2.05, 4.69) is 49.1 Å². The SMILES string of the molecule is Cc1ccc(C)c(N2CCN(C(=O)CN3C(=O)[C@@H]4[C@H](C3=O)[C@H]3C=C[C@H]4C3)CC2)c1. The number of amides is 3. The molecular weight excluding hydrogens is 366 g/mol. The minimum absolute atomic E-state index is 0.104. The number of likely N-dealkylation sites (tertiary alicyclic amines) is 1. The minimum Gasteiger partial charge on any atom is -0.368 e. The molecule has 3 amide bonds. The molecule has 2 aliphatic carbocycles. The fraction of sp³-hybridized carbons (Fsp3) is 0.522. The maximum absolute atomic E-state index is 12.9. The molecule has 6 heteroatoms. The molecule has 4 aliphatic rings. The molecule has 4 atom stereocenters. The third kappa shape index (κ3) is 2.88. The molecule has 2 heterocycles. The largest absolute Gasteiger partial charge is 0.368 e. The van der Waals surface area contributed by atoms with Crippen molar-refractivity contribution in [3.05, 3.63) is 41.5 Å². The summed E-state index contributed by atoms with van der Waals surface area (Å²) in [6, 6.07) is 6.43. The van der Waals surface area contributed by atoms with E-state index in [4.69, 9.17) is 0 Å².